The van der Waals surface area contributed by atoms with Crippen LogP contribution in [0.5, 0.6) is 0 Å². The van der Waals surface area contributed by atoms with Gasteiger partial charge in [-0.3, -0.25) is 0 Å². The average molecular weight is 383 g/mol. The van der Waals surface area contributed by atoms with Crippen LogP contribution in [0.3, 0.4) is 0 Å². The molecule has 0 unspecified atom stereocenters. The van der Waals surface area contributed by atoms with Crippen LogP contribution in [0.4, 0.5) is 5.82 Å². The van der Waals surface area contributed by atoms with Crippen molar-refractivity contribution in [1.29, 1.82) is 0 Å². The molecule has 1 saturated heterocycles. The maximum Gasteiger partial charge on any atom is 0.137 e. The molecule has 3 heterocycles. The van der Waals surface area contributed by atoms with E-state index >= 15 is 0 Å². The number of hydrogen-bond donors (Lipinski definition) is 0. The van der Waals surface area contributed by atoms with Crippen LogP contribution in [-0.2, 0) is 11.2 Å². The van der Waals surface area contributed by atoms with Crippen LogP contribution >= 0.6 is 11.3 Å². The topological polar surface area (TPSA) is 41.5 Å². The van der Waals surface area contributed by atoms with E-state index in [2.05, 4.69) is 52.2 Å². The van der Waals surface area contributed by atoms with E-state index in [0.717, 1.165) is 67.0 Å². The number of likely N-dealkylation sites (N-methyl/N-ethyl adjacent to an activating group) is 1. The Morgan fingerprint density at radius 3 is 2.78 bits per heavy atom. The van der Waals surface area contributed by atoms with Gasteiger partial charge in [0.1, 0.15) is 5.82 Å². The fourth-order valence-electron chi connectivity index (χ4n) is 3.48. The van der Waals surface area contributed by atoms with Crippen LogP contribution in [0, 0.1) is 0 Å². The number of pyridine rings is 1. The molecule has 4 rings (SSSR count). The summed E-state index contributed by atoms with van der Waals surface area (Å²) >= 11 is 1.74. The monoisotopic (exact) mass is 382 g/mol. The Morgan fingerprint density at radius 2 is 1.96 bits per heavy atom. The third-order valence-corrected chi connectivity index (χ3v) is 6.15. The SMILES string of the molecule is COCCCc1ncc(-c2cc3ccccc3c(N3CCN(C)CC3)n2)s1. The molecule has 27 heavy (non-hydrogen) atoms. The predicted octanol–water partition coefficient (Wildman–Crippen LogP) is 3.69. The summed E-state index contributed by atoms with van der Waals surface area (Å²) < 4.78 is 5.15. The van der Waals surface area contributed by atoms with Gasteiger partial charge in [-0.1, -0.05) is 24.3 Å². The number of hydrogen-bond acceptors (Lipinski definition) is 6. The zero-order valence-corrected chi connectivity index (χ0v) is 16.8. The fourth-order valence-corrected chi connectivity index (χ4v) is 4.40. The summed E-state index contributed by atoms with van der Waals surface area (Å²) in [6.45, 7) is 4.95. The van der Waals surface area contributed by atoms with Gasteiger partial charge < -0.3 is 14.5 Å². The molecular weight excluding hydrogens is 356 g/mol. The maximum atomic E-state index is 5.15. The lowest BCUT2D eigenvalue weighted by Crippen LogP contribution is -2.44. The molecule has 0 saturated carbocycles. The Hall–Kier alpha value is -2.02. The first kappa shape index (κ1) is 18.3. The van der Waals surface area contributed by atoms with E-state index in [-0.39, 0.29) is 0 Å². The summed E-state index contributed by atoms with van der Waals surface area (Å²) in [7, 11) is 3.92. The van der Waals surface area contributed by atoms with Gasteiger partial charge in [-0.25, -0.2) is 9.97 Å². The number of benzene rings is 1. The highest BCUT2D eigenvalue weighted by atomic mass is 32.1. The van der Waals surface area contributed by atoms with Crippen molar-refractivity contribution in [2.24, 2.45) is 0 Å². The minimum absolute atomic E-state index is 0.774. The minimum atomic E-state index is 0.774. The molecule has 0 atom stereocenters. The van der Waals surface area contributed by atoms with Gasteiger partial charge >= 0.3 is 0 Å². The van der Waals surface area contributed by atoms with Gasteiger partial charge in [0.15, 0.2) is 0 Å². The molecule has 5 nitrogen and oxygen atoms in total. The highest BCUT2D eigenvalue weighted by Gasteiger charge is 2.19. The molecule has 1 aliphatic rings. The van der Waals surface area contributed by atoms with E-state index in [4.69, 9.17) is 9.72 Å². The van der Waals surface area contributed by atoms with Crippen molar-refractivity contribution < 1.29 is 4.74 Å². The second kappa shape index (κ2) is 8.33. The Bertz CT molecular complexity index is 902. The molecule has 0 bridgehead atoms. The fraction of sp³-hybridized carbons (Fsp3) is 0.429. The van der Waals surface area contributed by atoms with Crippen LogP contribution in [0.1, 0.15) is 11.4 Å². The van der Waals surface area contributed by atoms with E-state index in [1.165, 1.54) is 10.8 Å². The molecular formula is C21H26N4OS. The second-order valence-electron chi connectivity index (χ2n) is 7.06. The number of methoxy groups -OCH3 is 1. The van der Waals surface area contributed by atoms with Gasteiger partial charge in [0, 0.05) is 57.9 Å². The lowest BCUT2D eigenvalue weighted by Gasteiger charge is -2.34. The highest BCUT2D eigenvalue weighted by Crippen LogP contribution is 2.33. The van der Waals surface area contributed by atoms with Crippen LogP contribution in [0.25, 0.3) is 21.3 Å². The van der Waals surface area contributed by atoms with E-state index in [9.17, 15) is 0 Å². The van der Waals surface area contributed by atoms with Crippen molar-refractivity contribution in [2.75, 3.05) is 51.8 Å². The molecule has 0 radical (unpaired) electrons. The summed E-state index contributed by atoms with van der Waals surface area (Å²) in [6, 6.07) is 10.8. The number of piperazine rings is 1. The number of ether oxygens (including phenoxy) is 1. The first-order chi connectivity index (χ1) is 13.2. The zero-order chi connectivity index (χ0) is 18.6. The van der Waals surface area contributed by atoms with Crippen LogP contribution in [0.2, 0.25) is 0 Å². The van der Waals surface area contributed by atoms with Gasteiger partial charge in [-0.05, 0) is 24.9 Å². The number of anilines is 1. The molecule has 1 fully saturated rings. The highest BCUT2D eigenvalue weighted by molar-refractivity contribution is 7.15. The smallest absolute Gasteiger partial charge is 0.137 e. The third-order valence-electron chi connectivity index (χ3n) is 5.07. The van der Waals surface area contributed by atoms with Crippen molar-refractivity contribution in [1.82, 2.24) is 14.9 Å². The Kier molecular flexibility index (Phi) is 5.66. The molecule has 3 aromatic rings. The molecule has 2 aromatic heterocycles. The van der Waals surface area contributed by atoms with Crippen molar-refractivity contribution in [3.8, 4) is 10.6 Å². The quantitative estimate of drug-likeness (QED) is 0.608. The number of rotatable bonds is 6. The summed E-state index contributed by atoms with van der Waals surface area (Å²) in [5.74, 6) is 1.10. The minimum Gasteiger partial charge on any atom is -0.385 e. The van der Waals surface area contributed by atoms with Gasteiger partial charge in [-0.15, -0.1) is 11.3 Å². The van der Waals surface area contributed by atoms with Crippen LogP contribution < -0.4 is 4.90 Å². The third kappa shape index (κ3) is 4.13. The average Bonchev–Trinajstić information content (AvgIpc) is 3.17. The number of aryl methyl sites for hydroxylation is 1. The summed E-state index contributed by atoms with van der Waals surface area (Å²) in [6.07, 6.45) is 3.93. The number of thiazole rings is 1. The lowest BCUT2D eigenvalue weighted by molar-refractivity contribution is 0.195. The molecule has 0 amide bonds. The summed E-state index contributed by atoms with van der Waals surface area (Å²) in [5, 5.41) is 3.62. The molecule has 0 aliphatic carbocycles. The Morgan fingerprint density at radius 1 is 1.15 bits per heavy atom. The molecule has 0 N–H and O–H groups in total. The van der Waals surface area contributed by atoms with Gasteiger partial charge in [0.25, 0.3) is 0 Å². The lowest BCUT2D eigenvalue weighted by atomic mass is 10.1. The first-order valence-corrected chi connectivity index (χ1v) is 10.3. The zero-order valence-electron chi connectivity index (χ0n) is 16.0. The van der Waals surface area contributed by atoms with Crippen molar-refractivity contribution in [3.63, 3.8) is 0 Å². The van der Waals surface area contributed by atoms with Gasteiger partial charge in [0.05, 0.1) is 15.6 Å². The van der Waals surface area contributed by atoms with Crippen molar-refractivity contribution in [2.45, 2.75) is 12.8 Å². The number of fused-ring (bicyclic) bond motifs is 1. The first-order valence-electron chi connectivity index (χ1n) is 9.52. The van der Waals surface area contributed by atoms with Crippen LogP contribution in [0.15, 0.2) is 36.5 Å². The number of nitrogens with zero attached hydrogens (tertiary/aromatic N) is 4. The molecule has 1 aliphatic heterocycles. The van der Waals surface area contributed by atoms with Gasteiger partial charge in [0.2, 0.25) is 0 Å². The second-order valence-corrected chi connectivity index (χ2v) is 8.17. The molecule has 6 heteroatoms. The van der Waals surface area contributed by atoms with E-state index in [1.807, 2.05) is 6.20 Å². The number of aromatic nitrogens is 2. The summed E-state index contributed by atoms with van der Waals surface area (Å²) in [5.41, 5.74) is 1.03. The molecule has 1 aromatic carbocycles. The van der Waals surface area contributed by atoms with E-state index in [0.29, 0.717) is 0 Å². The summed E-state index contributed by atoms with van der Waals surface area (Å²) in [4.78, 5) is 15.6. The largest absolute Gasteiger partial charge is 0.385 e. The van der Waals surface area contributed by atoms with Gasteiger partial charge in [-0.2, -0.15) is 0 Å². The van der Waals surface area contributed by atoms with E-state index < -0.39 is 0 Å². The Balaban J connectivity index is 1.67. The predicted molar refractivity (Wildman–Crippen MR) is 113 cm³/mol. The van der Waals surface area contributed by atoms with Crippen molar-refractivity contribution in [3.05, 3.63) is 41.5 Å². The molecule has 142 valence electrons. The van der Waals surface area contributed by atoms with E-state index in [1.54, 1.807) is 18.4 Å². The maximum absolute atomic E-state index is 5.15. The van der Waals surface area contributed by atoms with Crippen molar-refractivity contribution >= 4 is 27.9 Å². The normalized spacial score (nSPS) is 15.6. The van der Waals surface area contributed by atoms with Crippen LogP contribution in [-0.4, -0.2) is 61.8 Å². The molecule has 0 spiro atoms. The standard InChI is InChI=1S/C21H26N4OS/c1-24-9-11-25(12-10-24)21-17-7-4-3-6-16(17)14-18(23-21)19-15-22-20(27-19)8-5-13-26-2/h3-4,6-7,14-15H,5,8-13H2,1-2H3. The Labute approximate surface area is 164 Å².